The molecule has 2 aromatic heterocycles. The molecule has 0 bridgehead atoms. The molecule has 9 heteroatoms. The lowest BCUT2D eigenvalue weighted by atomic mass is 10.2. The van der Waals surface area contributed by atoms with Crippen molar-refractivity contribution in [2.45, 2.75) is 23.7 Å². The van der Waals surface area contributed by atoms with Crippen LogP contribution in [-0.2, 0) is 10.5 Å². The van der Waals surface area contributed by atoms with Gasteiger partial charge in [-0.3, -0.25) is 4.79 Å². The minimum Gasteiger partial charge on any atom is -0.377 e. The van der Waals surface area contributed by atoms with Gasteiger partial charge in [-0.1, -0.05) is 0 Å². The molecule has 2 aromatic rings. The van der Waals surface area contributed by atoms with Crippen molar-refractivity contribution >= 4 is 35.1 Å². The molecule has 144 valence electrons. The van der Waals surface area contributed by atoms with E-state index in [1.54, 1.807) is 26.4 Å². The molecule has 1 aliphatic heterocycles. The van der Waals surface area contributed by atoms with Crippen molar-refractivity contribution in [1.82, 2.24) is 19.9 Å². The lowest BCUT2D eigenvalue weighted by molar-refractivity contribution is 0.0827. The topological polar surface area (TPSA) is 71.5 Å². The first-order chi connectivity index (χ1) is 12.9. The summed E-state index contributed by atoms with van der Waals surface area (Å²) in [5.74, 6) is 1.37. The number of carbonyl (C=O) groups excluding carboxylic acids is 1. The van der Waals surface area contributed by atoms with Gasteiger partial charge in [0, 0.05) is 38.7 Å². The van der Waals surface area contributed by atoms with Gasteiger partial charge < -0.3 is 14.5 Å². The largest absolute Gasteiger partial charge is 0.377 e. The molecule has 1 aliphatic rings. The van der Waals surface area contributed by atoms with Crippen molar-refractivity contribution < 1.29 is 9.53 Å². The molecule has 1 atom stereocenters. The van der Waals surface area contributed by atoms with Crippen LogP contribution in [0, 0.1) is 0 Å². The Kier molecular flexibility index (Phi) is 6.51. The Hall–Kier alpha value is -1.90. The Labute approximate surface area is 168 Å². The van der Waals surface area contributed by atoms with Crippen LogP contribution in [0.5, 0.6) is 0 Å². The number of thioether (sulfide) groups is 1. The number of carbonyl (C=O) groups is 1. The van der Waals surface area contributed by atoms with Crippen LogP contribution in [0.25, 0.3) is 0 Å². The number of pyridine rings is 1. The molecule has 1 amide bonds. The summed E-state index contributed by atoms with van der Waals surface area (Å²) in [7, 11) is 3.44. The maximum Gasteiger partial charge on any atom is 0.254 e. The van der Waals surface area contributed by atoms with Gasteiger partial charge >= 0.3 is 0 Å². The monoisotopic (exact) mass is 407 g/mol. The van der Waals surface area contributed by atoms with Crippen LogP contribution in [0.1, 0.15) is 23.0 Å². The second-order valence-corrected chi connectivity index (χ2v) is 7.81. The summed E-state index contributed by atoms with van der Waals surface area (Å²) in [5.41, 5.74) is 1.40. The van der Waals surface area contributed by atoms with Crippen LogP contribution < -0.4 is 4.90 Å². The number of amides is 1. The molecule has 0 N–H and O–H groups in total. The zero-order chi connectivity index (χ0) is 19.4. The van der Waals surface area contributed by atoms with Crippen LogP contribution in [0.2, 0.25) is 5.28 Å². The van der Waals surface area contributed by atoms with Gasteiger partial charge in [-0.2, -0.15) is 0 Å². The third kappa shape index (κ3) is 5.09. The molecule has 3 heterocycles. The summed E-state index contributed by atoms with van der Waals surface area (Å²) in [6.45, 7) is 4.24. The highest BCUT2D eigenvalue weighted by Gasteiger charge is 2.21. The number of rotatable bonds is 5. The summed E-state index contributed by atoms with van der Waals surface area (Å²) in [5, 5.41) is 1.06. The SMILES string of the molecule is C[C@H]1COCCN1c1cc(CSc2ccc(C(=O)N(C)C)cn2)nc(Cl)n1. The molecule has 7 nitrogen and oxygen atoms in total. The molecule has 27 heavy (non-hydrogen) atoms. The second kappa shape index (κ2) is 8.86. The van der Waals surface area contributed by atoms with E-state index in [-0.39, 0.29) is 17.2 Å². The Bertz CT molecular complexity index is 803. The molecule has 0 saturated carbocycles. The van der Waals surface area contributed by atoms with E-state index in [0.29, 0.717) is 24.5 Å². The average molecular weight is 408 g/mol. The maximum absolute atomic E-state index is 11.9. The molecule has 0 unspecified atom stereocenters. The van der Waals surface area contributed by atoms with Gasteiger partial charge in [0.15, 0.2) is 0 Å². The van der Waals surface area contributed by atoms with E-state index in [2.05, 4.69) is 26.8 Å². The number of hydrogen-bond donors (Lipinski definition) is 0. The standard InChI is InChI=1S/C18H22ClN5O2S/c1-12-10-26-7-6-24(12)15-8-14(21-18(19)22-15)11-27-16-5-4-13(9-20-16)17(25)23(2)3/h4-5,8-9,12H,6-7,10-11H2,1-3H3/t12-/m0/s1. The first-order valence-corrected chi connectivity index (χ1v) is 9.98. The van der Waals surface area contributed by atoms with Crippen LogP contribution >= 0.6 is 23.4 Å². The Balaban J connectivity index is 1.68. The summed E-state index contributed by atoms with van der Waals surface area (Å²) in [6.07, 6.45) is 1.60. The fourth-order valence-corrected chi connectivity index (χ4v) is 3.67. The summed E-state index contributed by atoms with van der Waals surface area (Å²) in [6, 6.07) is 5.83. The van der Waals surface area contributed by atoms with E-state index in [9.17, 15) is 4.79 Å². The minimum atomic E-state index is -0.0640. The summed E-state index contributed by atoms with van der Waals surface area (Å²) >= 11 is 7.68. The fraction of sp³-hybridized carbons (Fsp3) is 0.444. The number of hydrogen-bond acceptors (Lipinski definition) is 7. The van der Waals surface area contributed by atoms with Gasteiger partial charge in [-0.05, 0) is 30.7 Å². The predicted octanol–water partition coefficient (Wildman–Crippen LogP) is 2.74. The number of ether oxygens (including phenoxy) is 1. The van der Waals surface area contributed by atoms with Gasteiger partial charge in [0.05, 0.1) is 35.5 Å². The van der Waals surface area contributed by atoms with E-state index < -0.39 is 0 Å². The van der Waals surface area contributed by atoms with Crippen LogP contribution in [0.3, 0.4) is 0 Å². The second-order valence-electron chi connectivity index (χ2n) is 6.48. The van der Waals surface area contributed by atoms with E-state index in [1.165, 1.54) is 16.7 Å². The first kappa shape index (κ1) is 19.9. The van der Waals surface area contributed by atoms with Crippen molar-refractivity contribution in [3.05, 3.63) is 40.9 Å². The van der Waals surface area contributed by atoms with Gasteiger partial charge in [0.25, 0.3) is 5.91 Å². The number of nitrogens with zero attached hydrogens (tertiary/aromatic N) is 5. The fourth-order valence-electron chi connectivity index (χ4n) is 2.74. The van der Waals surface area contributed by atoms with Crippen LogP contribution in [0.4, 0.5) is 5.82 Å². The van der Waals surface area contributed by atoms with E-state index in [0.717, 1.165) is 23.1 Å². The summed E-state index contributed by atoms with van der Waals surface area (Å²) in [4.78, 5) is 28.7. The van der Waals surface area contributed by atoms with E-state index in [1.807, 2.05) is 12.1 Å². The molecule has 1 saturated heterocycles. The summed E-state index contributed by atoms with van der Waals surface area (Å²) < 4.78 is 5.48. The molecule has 0 aliphatic carbocycles. The number of anilines is 1. The van der Waals surface area contributed by atoms with Crippen molar-refractivity contribution in [2.24, 2.45) is 0 Å². The van der Waals surface area contributed by atoms with Crippen molar-refractivity contribution in [2.75, 3.05) is 38.8 Å². The molecule has 0 spiro atoms. The lowest BCUT2D eigenvalue weighted by Gasteiger charge is -2.34. The molecule has 3 rings (SSSR count). The molecule has 0 radical (unpaired) electrons. The number of morpholine rings is 1. The third-order valence-corrected chi connectivity index (χ3v) is 5.30. The Morgan fingerprint density at radius 3 is 2.89 bits per heavy atom. The molecule has 1 fully saturated rings. The Morgan fingerprint density at radius 2 is 2.22 bits per heavy atom. The van der Waals surface area contributed by atoms with Crippen molar-refractivity contribution in [3.63, 3.8) is 0 Å². The van der Waals surface area contributed by atoms with Crippen LogP contribution in [-0.4, -0.2) is 65.7 Å². The number of aromatic nitrogens is 3. The zero-order valence-electron chi connectivity index (χ0n) is 15.6. The average Bonchev–Trinajstić information content (AvgIpc) is 2.66. The van der Waals surface area contributed by atoms with Gasteiger partial charge in [0.2, 0.25) is 5.28 Å². The van der Waals surface area contributed by atoms with Gasteiger partial charge in [0.1, 0.15) is 5.82 Å². The smallest absolute Gasteiger partial charge is 0.254 e. The first-order valence-electron chi connectivity index (χ1n) is 8.62. The number of halogens is 1. The van der Waals surface area contributed by atoms with Crippen molar-refractivity contribution in [3.8, 4) is 0 Å². The quantitative estimate of drug-likeness (QED) is 0.557. The Morgan fingerprint density at radius 1 is 1.41 bits per heavy atom. The van der Waals surface area contributed by atoms with E-state index >= 15 is 0 Å². The zero-order valence-corrected chi connectivity index (χ0v) is 17.1. The lowest BCUT2D eigenvalue weighted by Crippen LogP contribution is -2.44. The predicted molar refractivity (Wildman–Crippen MR) is 106 cm³/mol. The van der Waals surface area contributed by atoms with Gasteiger partial charge in [-0.15, -0.1) is 11.8 Å². The van der Waals surface area contributed by atoms with Crippen LogP contribution in [0.15, 0.2) is 29.4 Å². The van der Waals surface area contributed by atoms with Gasteiger partial charge in [-0.25, -0.2) is 15.0 Å². The minimum absolute atomic E-state index is 0.0640. The maximum atomic E-state index is 11.9. The highest BCUT2D eigenvalue weighted by atomic mass is 35.5. The third-order valence-electron chi connectivity index (χ3n) is 4.16. The molecule has 0 aromatic carbocycles. The highest BCUT2D eigenvalue weighted by Crippen LogP contribution is 2.25. The molecular formula is C18H22ClN5O2S. The molecular weight excluding hydrogens is 386 g/mol. The van der Waals surface area contributed by atoms with Crippen molar-refractivity contribution in [1.29, 1.82) is 0 Å². The normalized spacial score (nSPS) is 17.0. The highest BCUT2D eigenvalue weighted by molar-refractivity contribution is 7.98. The van der Waals surface area contributed by atoms with E-state index in [4.69, 9.17) is 16.3 Å².